The van der Waals surface area contributed by atoms with Crippen LogP contribution in [0.3, 0.4) is 0 Å². The first-order valence-electron chi connectivity index (χ1n) is 8.90. The fraction of sp³-hybridized carbons (Fsp3) is 0.350. The maximum absolute atomic E-state index is 12.2. The van der Waals surface area contributed by atoms with E-state index in [0.29, 0.717) is 13.0 Å². The summed E-state index contributed by atoms with van der Waals surface area (Å²) < 4.78 is 0. The molecule has 0 bridgehead atoms. The Hall–Kier alpha value is -2.34. The van der Waals surface area contributed by atoms with Gasteiger partial charge in [-0.3, -0.25) is 14.6 Å². The number of amides is 2. The molecule has 0 spiro atoms. The molecule has 3 rings (SSSR count). The van der Waals surface area contributed by atoms with Gasteiger partial charge in [0, 0.05) is 41.7 Å². The molecule has 0 unspecified atom stereocenters. The van der Waals surface area contributed by atoms with Crippen LogP contribution in [0.2, 0.25) is 0 Å². The molecule has 1 saturated heterocycles. The van der Waals surface area contributed by atoms with E-state index in [1.54, 1.807) is 22.9 Å². The summed E-state index contributed by atoms with van der Waals surface area (Å²) in [6.45, 7) is 0.812. The van der Waals surface area contributed by atoms with Crippen LogP contribution in [0.15, 0.2) is 53.7 Å². The average molecular weight is 369 g/mol. The smallest absolute Gasteiger partial charge is 0.243 e. The van der Waals surface area contributed by atoms with Crippen LogP contribution < -0.4 is 5.32 Å². The zero-order valence-corrected chi connectivity index (χ0v) is 15.5. The first kappa shape index (κ1) is 18.5. The first-order valence-corrected chi connectivity index (χ1v) is 9.89. The molecule has 6 heteroatoms. The highest BCUT2D eigenvalue weighted by molar-refractivity contribution is 7.98. The molecule has 1 fully saturated rings. The number of benzene rings is 1. The molecule has 0 radical (unpaired) electrons. The van der Waals surface area contributed by atoms with Crippen molar-refractivity contribution in [3.05, 3.63) is 54.4 Å². The lowest BCUT2D eigenvalue weighted by Gasteiger charge is -2.19. The standard InChI is InChI=1S/C20H23N3O2S/c24-19(14-23-12-3-1-2-6-20(23)25)22-17-7-9-18(10-8-17)26-15-16-5-4-11-21-13-16/h4-5,7-11,13H,1-3,6,12,14-15H2,(H,22,24). The lowest BCUT2D eigenvalue weighted by molar-refractivity contribution is -0.134. The highest BCUT2D eigenvalue weighted by Gasteiger charge is 2.19. The van der Waals surface area contributed by atoms with Crippen molar-refractivity contribution in [2.24, 2.45) is 0 Å². The van der Waals surface area contributed by atoms with Crippen LogP contribution in [0.4, 0.5) is 5.69 Å². The topological polar surface area (TPSA) is 62.3 Å². The van der Waals surface area contributed by atoms with Crippen molar-refractivity contribution in [3.63, 3.8) is 0 Å². The number of likely N-dealkylation sites (tertiary alicyclic amines) is 1. The predicted molar refractivity (Wildman–Crippen MR) is 104 cm³/mol. The Kier molecular flexibility index (Phi) is 6.66. The van der Waals surface area contributed by atoms with E-state index in [9.17, 15) is 9.59 Å². The van der Waals surface area contributed by atoms with E-state index in [0.717, 1.165) is 35.6 Å². The van der Waals surface area contributed by atoms with Crippen molar-refractivity contribution in [1.82, 2.24) is 9.88 Å². The molecular formula is C20H23N3O2S. The van der Waals surface area contributed by atoms with Crippen LogP contribution in [-0.4, -0.2) is 34.8 Å². The molecule has 26 heavy (non-hydrogen) atoms. The van der Waals surface area contributed by atoms with E-state index >= 15 is 0 Å². The molecule has 2 amide bonds. The SMILES string of the molecule is O=C(CN1CCCCCC1=O)Nc1ccc(SCc2cccnc2)cc1. The van der Waals surface area contributed by atoms with E-state index in [1.807, 2.05) is 36.5 Å². The number of anilines is 1. The molecule has 0 atom stereocenters. The molecule has 1 aromatic carbocycles. The van der Waals surface area contributed by atoms with Crippen LogP contribution in [-0.2, 0) is 15.3 Å². The van der Waals surface area contributed by atoms with Gasteiger partial charge in [-0.2, -0.15) is 0 Å². The largest absolute Gasteiger partial charge is 0.333 e. The molecule has 5 nitrogen and oxygen atoms in total. The molecule has 1 aliphatic rings. The van der Waals surface area contributed by atoms with Gasteiger partial charge in [0.1, 0.15) is 0 Å². The molecule has 1 aliphatic heterocycles. The predicted octanol–water partition coefficient (Wildman–Crippen LogP) is 3.72. The Morgan fingerprint density at radius 2 is 2.00 bits per heavy atom. The number of aromatic nitrogens is 1. The van der Waals surface area contributed by atoms with Crippen molar-refractivity contribution >= 4 is 29.3 Å². The number of nitrogens with one attached hydrogen (secondary N) is 1. The maximum Gasteiger partial charge on any atom is 0.243 e. The zero-order chi connectivity index (χ0) is 18.2. The van der Waals surface area contributed by atoms with E-state index in [-0.39, 0.29) is 18.4 Å². The number of pyridine rings is 1. The van der Waals surface area contributed by atoms with E-state index in [2.05, 4.69) is 16.4 Å². The van der Waals surface area contributed by atoms with Gasteiger partial charge in [0.2, 0.25) is 11.8 Å². The fourth-order valence-electron chi connectivity index (χ4n) is 2.86. The Morgan fingerprint density at radius 3 is 2.77 bits per heavy atom. The van der Waals surface area contributed by atoms with E-state index in [4.69, 9.17) is 0 Å². The molecule has 2 aromatic rings. The minimum absolute atomic E-state index is 0.0831. The van der Waals surface area contributed by atoms with Crippen LogP contribution in [0.25, 0.3) is 0 Å². The van der Waals surface area contributed by atoms with Crippen molar-refractivity contribution in [1.29, 1.82) is 0 Å². The lowest BCUT2D eigenvalue weighted by Crippen LogP contribution is -2.37. The van der Waals surface area contributed by atoms with Crippen molar-refractivity contribution in [3.8, 4) is 0 Å². The van der Waals surface area contributed by atoms with Gasteiger partial charge in [-0.25, -0.2) is 0 Å². The highest BCUT2D eigenvalue weighted by Crippen LogP contribution is 2.24. The van der Waals surface area contributed by atoms with Gasteiger partial charge in [-0.05, 0) is 48.7 Å². The summed E-state index contributed by atoms with van der Waals surface area (Å²) in [7, 11) is 0. The summed E-state index contributed by atoms with van der Waals surface area (Å²) in [5.74, 6) is 0.798. The second kappa shape index (κ2) is 9.38. The molecule has 0 aliphatic carbocycles. The first-order chi connectivity index (χ1) is 12.7. The van der Waals surface area contributed by atoms with Gasteiger partial charge in [0.15, 0.2) is 0 Å². The quantitative estimate of drug-likeness (QED) is 0.789. The minimum Gasteiger partial charge on any atom is -0.333 e. The van der Waals surface area contributed by atoms with E-state index in [1.165, 1.54) is 5.56 Å². The Labute approximate surface area is 158 Å². The van der Waals surface area contributed by atoms with Gasteiger partial charge in [0.25, 0.3) is 0 Å². The molecule has 0 saturated carbocycles. The highest BCUT2D eigenvalue weighted by atomic mass is 32.2. The van der Waals surface area contributed by atoms with Crippen LogP contribution in [0.1, 0.15) is 31.2 Å². The number of thioether (sulfide) groups is 1. The maximum atomic E-state index is 12.2. The zero-order valence-electron chi connectivity index (χ0n) is 14.7. The fourth-order valence-corrected chi connectivity index (χ4v) is 3.70. The third kappa shape index (κ3) is 5.59. The van der Waals surface area contributed by atoms with Gasteiger partial charge in [-0.15, -0.1) is 11.8 Å². The summed E-state index contributed by atoms with van der Waals surface area (Å²) in [5, 5.41) is 2.88. The second-order valence-electron chi connectivity index (χ2n) is 6.35. The summed E-state index contributed by atoms with van der Waals surface area (Å²) in [5.41, 5.74) is 1.93. The summed E-state index contributed by atoms with van der Waals surface area (Å²) in [6.07, 6.45) is 7.14. The molecule has 1 aromatic heterocycles. The van der Waals surface area contributed by atoms with Crippen LogP contribution in [0.5, 0.6) is 0 Å². The van der Waals surface area contributed by atoms with Crippen molar-refractivity contribution in [2.45, 2.75) is 36.3 Å². The number of hydrogen-bond acceptors (Lipinski definition) is 4. The number of hydrogen-bond donors (Lipinski definition) is 1. The van der Waals surface area contributed by atoms with Gasteiger partial charge in [-0.1, -0.05) is 12.5 Å². The normalized spacial score (nSPS) is 14.8. The molecule has 2 heterocycles. The summed E-state index contributed by atoms with van der Waals surface area (Å²) in [4.78, 5) is 31.1. The molecule has 1 N–H and O–H groups in total. The molecule has 136 valence electrons. The van der Waals surface area contributed by atoms with Gasteiger partial charge < -0.3 is 10.2 Å². The second-order valence-corrected chi connectivity index (χ2v) is 7.40. The summed E-state index contributed by atoms with van der Waals surface area (Å²) >= 11 is 1.73. The number of nitrogens with zero attached hydrogens (tertiary/aromatic N) is 2. The minimum atomic E-state index is -0.143. The Bertz CT molecular complexity index is 734. The average Bonchev–Trinajstić information content (AvgIpc) is 2.86. The number of carbonyl (C=O) groups excluding carboxylic acids is 2. The monoisotopic (exact) mass is 369 g/mol. The van der Waals surface area contributed by atoms with Crippen molar-refractivity contribution in [2.75, 3.05) is 18.4 Å². The van der Waals surface area contributed by atoms with Crippen LogP contribution >= 0.6 is 11.8 Å². The molecular weight excluding hydrogens is 346 g/mol. The third-order valence-electron chi connectivity index (χ3n) is 4.27. The van der Waals surface area contributed by atoms with Gasteiger partial charge >= 0.3 is 0 Å². The van der Waals surface area contributed by atoms with E-state index < -0.39 is 0 Å². The number of carbonyl (C=O) groups is 2. The third-order valence-corrected chi connectivity index (χ3v) is 5.36. The summed E-state index contributed by atoms with van der Waals surface area (Å²) in [6, 6.07) is 11.8. The number of rotatable bonds is 6. The Morgan fingerprint density at radius 1 is 1.15 bits per heavy atom. The van der Waals surface area contributed by atoms with Gasteiger partial charge in [0.05, 0.1) is 6.54 Å². The van der Waals surface area contributed by atoms with Crippen molar-refractivity contribution < 1.29 is 9.59 Å². The lowest BCUT2D eigenvalue weighted by atomic mass is 10.2. The Balaban J connectivity index is 1.48. The van der Waals surface area contributed by atoms with Crippen LogP contribution in [0, 0.1) is 0 Å².